The van der Waals surface area contributed by atoms with E-state index in [0.29, 0.717) is 22.4 Å². The molecule has 6 heteroatoms. The third-order valence-corrected chi connectivity index (χ3v) is 2.82. The molecule has 1 aromatic carbocycles. The number of hydrogen-bond acceptors (Lipinski definition) is 4. The van der Waals surface area contributed by atoms with Gasteiger partial charge in [0.15, 0.2) is 0 Å². The van der Waals surface area contributed by atoms with Gasteiger partial charge >= 0.3 is 0 Å². The second-order valence-corrected chi connectivity index (χ2v) is 5.42. The standard InChI is InChI=1S/C15H17ClN4O/c1-9(2)17-14(21)13-7-10(3)18-15(20-13)19-12-6-4-5-11(16)8-12/h4-9H,1-3H3,(H,17,21)(H,18,19,20). The van der Waals surface area contributed by atoms with Crippen molar-refractivity contribution in [1.82, 2.24) is 15.3 Å². The summed E-state index contributed by atoms with van der Waals surface area (Å²) in [5.41, 5.74) is 1.81. The molecule has 0 aliphatic carbocycles. The molecular formula is C15H17ClN4O. The SMILES string of the molecule is Cc1cc(C(=O)NC(C)C)nc(Nc2cccc(Cl)c2)n1. The van der Waals surface area contributed by atoms with Crippen molar-refractivity contribution in [3.63, 3.8) is 0 Å². The predicted molar refractivity (Wildman–Crippen MR) is 84.1 cm³/mol. The normalized spacial score (nSPS) is 10.5. The highest BCUT2D eigenvalue weighted by atomic mass is 35.5. The zero-order chi connectivity index (χ0) is 15.4. The number of carbonyl (C=O) groups is 1. The number of benzene rings is 1. The lowest BCUT2D eigenvalue weighted by Gasteiger charge is -2.10. The van der Waals surface area contributed by atoms with Crippen LogP contribution in [0.4, 0.5) is 11.6 Å². The van der Waals surface area contributed by atoms with Crippen LogP contribution in [0.25, 0.3) is 0 Å². The maximum absolute atomic E-state index is 12.0. The summed E-state index contributed by atoms with van der Waals surface area (Å²) in [7, 11) is 0. The van der Waals surface area contributed by atoms with Gasteiger partial charge in [-0.15, -0.1) is 0 Å². The smallest absolute Gasteiger partial charge is 0.270 e. The average molecular weight is 305 g/mol. The fraction of sp³-hybridized carbons (Fsp3) is 0.267. The van der Waals surface area contributed by atoms with Gasteiger partial charge in [-0.05, 0) is 45.0 Å². The number of halogens is 1. The van der Waals surface area contributed by atoms with Crippen LogP contribution >= 0.6 is 11.6 Å². The van der Waals surface area contributed by atoms with E-state index in [-0.39, 0.29) is 11.9 Å². The Labute approximate surface area is 128 Å². The molecule has 1 heterocycles. The molecular weight excluding hydrogens is 288 g/mol. The van der Waals surface area contributed by atoms with Gasteiger partial charge in [0, 0.05) is 22.4 Å². The van der Waals surface area contributed by atoms with Gasteiger partial charge in [-0.3, -0.25) is 4.79 Å². The van der Waals surface area contributed by atoms with E-state index in [1.807, 2.05) is 32.9 Å². The van der Waals surface area contributed by atoms with Crippen molar-refractivity contribution < 1.29 is 4.79 Å². The monoisotopic (exact) mass is 304 g/mol. The maximum atomic E-state index is 12.0. The van der Waals surface area contributed by atoms with Crippen LogP contribution < -0.4 is 10.6 Å². The Morgan fingerprint density at radius 3 is 2.67 bits per heavy atom. The summed E-state index contributed by atoms with van der Waals surface area (Å²) in [5.74, 6) is 0.149. The highest BCUT2D eigenvalue weighted by molar-refractivity contribution is 6.30. The summed E-state index contributed by atoms with van der Waals surface area (Å²) in [6.45, 7) is 5.62. The fourth-order valence-electron chi connectivity index (χ4n) is 1.77. The third-order valence-electron chi connectivity index (χ3n) is 2.59. The summed E-state index contributed by atoms with van der Waals surface area (Å²) in [4.78, 5) is 20.5. The molecule has 2 N–H and O–H groups in total. The molecule has 0 bridgehead atoms. The van der Waals surface area contributed by atoms with Crippen molar-refractivity contribution in [1.29, 1.82) is 0 Å². The fourth-order valence-corrected chi connectivity index (χ4v) is 1.96. The Hall–Kier alpha value is -2.14. The quantitative estimate of drug-likeness (QED) is 0.909. The lowest BCUT2D eigenvalue weighted by Crippen LogP contribution is -2.31. The first kappa shape index (κ1) is 15.3. The second kappa shape index (κ2) is 6.54. The average Bonchev–Trinajstić information content (AvgIpc) is 2.37. The number of hydrogen-bond donors (Lipinski definition) is 2. The van der Waals surface area contributed by atoms with E-state index in [0.717, 1.165) is 5.69 Å². The molecule has 0 saturated carbocycles. The largest absolute Gasteiger partial charge is 0.349 e. The number of amides is 1. The summed E-state index contributed by atoms with van der Waals surface area (Å²) in [6, 6.07) is 8.93. The number of anilines is 2. The zero-order valence-corrected chi connectivity index (χ0v) is 12.9. The molecule has 1 amide bonds. The van der Waals surface area contributed by atoms with E-state index in [2.05, 4.69) is 20.6 Å². The third kappa shape index (κ3) is 4.43. The van der Waals surface area contributed by atoms with E-state index in [1.165, 1.54) is 0 Å². The first-order chi connectivity index (χ1) is 9.94. The summed E-state index contributed by atoms with van der Waals surface area (Å²) in [5, 5.41) is 6.47. The van der Waals surface area contributed by atoms with Crippen LogP contribution in [0.15, 0.2) is 30.3 Å². The predicted octanol–water partition coefficient (Wildman–Crippen LogP) is 3.32. The van der Waals surface area contributed by atoms with E-state index in [1.54, 1.807) is 18.2 Å². The van der Waals surface area contributed by atoms with Gasteiger partial charge in [-0.2, -0.15) is 0 Å². The van der Waals surface area contributed by atoms with Crippen LogP contribution in [-0.4, -0.2) is 21.9 Å². The molecule has 0 spiro atoms. The number of rotatable bonds is 4. The first-order valence-electron chi connectivity index (χ1n) is 6.63. The van der Waals surface area contributed by atoms with Gasteiger partial charge in [0.1, 0.15) is 5.69 Å². The van der Waals surface area contributed by atoms with Gasteiger partial charge in [0.2, 0.25) is 5.95 Å². The summed E-state index contributed by atoms with van der Waals surface area (Å²) in [6.07, 6.45) is 0. The second-order valence-electron chi connectivity index (χ2n) is 4.98. The Kier molecular flexibility index (Phi) is 4.75. The number of nitrogens with zero attached hydrogens (tertiary/aromatic N) is 2. The summed E-state index contributed by atoms with van der Waals surface area (Å²) >= 11 is 5.94. The van der Waals surface area contributed by atoms with Gasteiger partial charge in [-0.1, -0.05) is 17.7 Å². The molecule has 0 aliphatic heterocycles. The highest BCUT2D eigenvalue weighted by Crippen LogP contribution is 2.18. The first-order valence-corrected chi connectivity index (χ1v) is 7.01. The molecule has 0 fully saturated rings. The number of nitrogens with one attached hydrogen (secondary N) is 2. The van der Waals surface area contributed by atoms with Crippen molar-refractivity contribution in [3.8, 4) is 0 Å². The molecule has 5 nitrogen and oxygen atoms in total. The zero-order valence-electron chi connectivity index (χ0n) is 12.1. The molecule has 0 aliphatic rings. The Morgan fingerprint density at radius 2 is 2.00 bits per heavy atom. The minimum Gasteiger partial charge on any atom is -0.349 e. The minimum absolute atomic E-state index is 0.0529. The van der Waals surface area contributed by atoms with Crippen LogP contribution in [0.1, 0.15) is 30.0 Å². The van der Waals surface area contributed by atoms with Gasteiger partial charge < -0.3 is 10.6 Å². The van der Waals surface area contributed by atoms with E-state index >= 15 is 0 Å². The van der Waals surface area contributed by atoms with Crippen LogP contribution in [0, 0.1) is 6.92 Å². The Balaban J connectivity index is 2.24. The summed E-state index contributed by atoms with van der Waals surface area (Å²) < 4.78 is 0. The molecule has 2 aromatic rings. The molecule has 0 atom stereocenters. The molecule has 21 heavy (non-hydrogen) atoms. The molecule has 1 aromatic heterocycles. The number of aromatic nitrogens is 2. The van der Waals surface area contributed by atoms with Crippen LogP contribution in [-0.2, 0) is 0 Å². The van der Waals surface area contributed by atoms with E-state index in [9.17, 15) is 4.79 Å². The molecule has 2 rings (SSSR count). The van der Waals surface area contributed by atoms with E-state index < -0.39 is 0 Å². The lowest BCUT2D eigenvalue weighted by molar-refractivity contribution is 0.0938. The van der Waals surface area contributed by atoms with Crippen molar-refractivity contribution >= 4 is 29.1 Å². The highest BCUT2D eigenvalue weighted by Gasteiger charge is 2.11. The Bertz CT molecular complexity index is 658. The van der Waals surface area contributed by atoms with Crippen LogP contribution in [0.5, 0.6) is 0 Å². The van der Waals surface area contributed by atoms with Gasteiger partial charge in [0.25, 0.3) is 5.91 Å². The topological polar surface area (TPSA) is 66.9 Å². The van der Waals surface area contributed by atoms with Crippen molar-refractivity contribution in [3.05, 3.63) is 46.7 Å². The molecule has 0 radical (unpaired) electrons. The maximum Gasteiger partial charge on any atom is 0.270 e. The lowest BCUT2D eigenvalue weighted by atomic mass is 10.3. The van der Waals surface area contributed by atoms with Gasteiger partial charge in [-0.25, -0.2) is 9.97 Å². The molecule has 0 saturated heterocycles. The molecule has 110 valence electrons. The number of carbonyl (C=O) groups excluding carboxylic acids is 1. The van der Waals surface area contributed by atoms with Crippen LogP contribution in [0.3, 0.4) is 0 Å². The van der Waals surface area contributed by atoms with Crippen molar-refractivity contribution in [2.24, 2.45) is 0 Å². The molecule has 0 unspecified atom stereocenters. The van der Waals surface area contributed by atoms with Crippen molar-refractivity contribution in [2.45, 2.75) is 26.8 Å². The Morgan fingerprint density at radius 1 is 1.24 bits per heavy atom. The van der Waals surface area contributed by atoms with E-state index in [4.69, 9.17) is 11.6 Å². The number of aryl methyl sites for hydroxylation is 1. The van der Waals surface area contributed by atoms with Crippen LogP contribution in [0.2, 0.25) is 5.02 Å². The van der Waals surface area contributed by atoms with Crippen molar-refractivity contribution in [2.75, 3.05) is 5.32 Å². The van der Waals surface area contributed by atoms with Gasteiger partial charge in [0.05, 0.1) is 0 Å². The minimum atomic E-state index is -0.218.